The first kappa shape index (κ1) is 46.2. The van der Waals surface area contributed by atoms with Crippen molar-refractivity contribution in [2.24, 2.45) is 0 Å². The summed E-state index contributed by atoms with van der Waals surface area (Å²) in [6, 6.07) is 7.71. The SMILES string of the molecule is O=C(CCOCCOCCOCCOCCOCCOCCOCCOCCNC(=O)CCN1C(=O)C=CC1=O)NCCCCOc1ccc(Br)cc1. The summed E-state index contributed by atoms with van der Waals surface area (Å²) in [7, 11) is 0. The Hall–Kier alpha value is -3.00. The molecule has 0 aliphatic carbocycles. The van der Waals surface area contributed by atoms with Crippen molar-refractivity contribution in [2.45, 2.75) is 25.7 Å². The number of rotatable bonds is 36. The van der Waals surface area contributed by atoms with Gasteiger partial charge in [-0.3, -0.25) is 24.1 Å². The molecule has 0 aromatic heterocycles. The first-order valence-corrected chi connectivity index (χ1v) is 18.8. The van der Waals surface area contributed by atoms with Crippen LogP contribution in [-0.4, -0.2) is 160 Å². The molecule has 1 heterocycles. The van der Waals surface area contributed by atoms with Gasteiger partial charge in [-0.25, -0.2) is 0 Å². The van der Waals surface area contributed by atoms with Crippen LogP contribution in [-0.2, 0) is 57.1 Å². The number of nitrogens with one attached hydrogen (secondary N) is 2. The maximum absolute atomic E-state index is 11.9. The Morgan fingerprint density at radius 2 is 0.925 bits per heavy atom. The number of nitrogens with zero attached hydrogens (tertiary/aromatic N) is 1. The third-order valence-electron chi connectivity index (χ3n) is 7.08. The second-order valence-electron chi connectivity index (χ2n) is 11.3. The van der Waals surface area contributed by atoms with Crippen LogP contribution < -0.4 is 15.4 Å². The molecule has 0 atom stereocenters. The number of carbonyl (C=O) groups is 4. The van der Waals surface area contributed by atoms with Gasteiger partial charge in [0.15, 0.2) is 0 Å². The minimum absolute atomic E-state index is 0.0283. The molecular weight excluding hydrogens is 762 g/mol. The van der Waals surface area contributed by atoms with Gasteiger partial charge in [-0.15, -0.1) is 0 Å². The molecule has 0 fully saturated rings. The van der Waals surface area contributed by atoms with E-state index in [1.165, 1.54) is 12.2 Å². The van der Waals surface area contributed by atoms with E-state index in [9.17, 15) is 19.2 Å². The molecule has 0 saturated carbocycles. The lowest BCUT2D eigenvalue weighted by molar-refractivity contribution is -0.137. The van der Waals surface area contributed by atoms with E-state index in [2.05, 4.69) is 26.6 Å². The summed E-state index contributed by atoms with van der Waals surface area (Å²) >= 11 is 3.40. The average Bonchev–Trinajstić information content (AvgIpc) is 3.48. The average molecular weight is 819 g/mol. The number of carbonyl (C=O) groups excluding carboxylic acids is 4. The summed E-state index contributed by atoms with van der Waals surface area (Å²) < 4.78 is 50.3. The van der Waals surface area contributed by atoms with Crippen LogP contribution in [0.2, 0.25) is 0 Å². The van der Waals surface area contributed by atoms with Gasteiger partial charge in [0, 0.05) is 49.1 Å². The first-order valence-electron chi connectivity index (χ1n) is 18.0. The smallest absolute Gasteiger partial charge is 0.253 e. The molecule has 1 aliphatic heterocycles. The molecule has 1 aliphatic rings. The minimum atomic E-state index is -0.400. The fourth-order valence-corrected chi connectivity index (χ4v) is 4.55. The Morgan fingerprint density at radius 3 is 1.42 bits per heavy atom. The Balaban J connectivity index is 1.17. The molecule has 0 spiro atoms. The van der Waals surface area contributed by atoms with Gasteiger partial charge in [0.05, 0.1) is 112 Å². The lowest BCUT2D eigenvalue weighted by atomic mass is 10.3. The van der Waals surface area contributed by atoms with E-state index in [0.717, 1.165) is 28.0 Å². The third-order valence-corrected chi connectivity index (χ3v) is 7.61. The van der Waals surface area contributed by atoms with Crippen molar-refractivity contribution in [3.8, 4) is 5.75 Å². The van der Waals surface area contributed by atoms with Crippen molar-refractivity contribution in [1.29, 1.82) is 0 Å². The van der Waals surface area contributed by atoms with Gasteiger partial charge >= 0.3 is 0 Å². The highest BCUT2D eigenvalue weighted by Gasteiger charge is 2.23. The van der Waals surface area contributed by atoms with Gasteiger partial charge in [0.2, 0.25) is 11.8 Å². The van der Waals surface area contributed by atoms with Crippen LogP contribution >= 0.6 is 15.9 Å². The summed E-state index contributed by atoms with van der Waals surface area (Å²) in [4.78, 5) is 47.6. The highest BCUT2D eigenvalue weighted by molar-refractivity contribution is 9.10. The molecule has 1 aromatic carbocycles. The molecule has 2 rings (SSSR count). The molecule has 0 bridgehead atoms. The van der Waals surface area contributed by atoms with E-state index >= 15 is 0 Å². The fraction of sp³-hybridized carbons (Fsp3) is 0.667. The van der Waals surface area contributed by atoms with Crippen LogP contribution in [0.25, 0.3) is 0 Å². The maximum Gasteiger partial charge on any atom is 0.253 e. The Labute approximate surface area is 320 Å². The van der Waals surface area contributed by atoms with Crippen molar-refractivity contribution in [3.63, 3.8) is 0 Å². The van der Waals surface area contributed by atoms with E-state index < -0.39 is 11.8 Å². The Bertz CT molecular complexity index is 1140. The molecular formula is C36H56BrN3O13. The predicted molar refractivity (Wildman–Crippen MR) is 197 cm³/mol. The molecule has 300 valence electrons. The summed E-state index contributed by atoms with van der Waals surface area (Å²) in [6.07, 6.45) is 4.46. The van der Waals surface area contributed by atoms with Crippen LogP contribution in [0.4, 0.5) is 0 Å². The van der Waals surface area contributed by atoms with E-state index in [0.29, 0.717) is 132 Å². The summed E-state index contributed by atoms with van der Waals surface area (Å²) in [5, 5.41) is 5.57. The molecule has 0 saturated heterocycles. The monoisotopic (exact) mass is 817 g/mol. The van der Waals surface area contributed by atoms with Gasteiger partial charge in [-0.05, 0) is 37.1 Å². The minimum Gasteiger partial charge on any atom is -0.494 e. The molecule has 17 heteroatoms. The summed E-state index contributed by atoms with van der Waals surface area (Å²) in [5.41, 5.74) is 0. The number of amides is 4. The van der Waals surface area contributed by atoms with Crippen molar-refractivity contribution in [1.82, 2.24) is 15.5 Å². The van der Waals surface area contributed by atoms with E-state index in [1.54, 1.807) is 0 Å². The highest BCUT2D eigenvalue weighted by Crippen LogP contribution is 2.16. The van der Waals surface area contributed by atoms with Crippen LogP contribution in [0.1, 0.15) is 25.7 Å². The van der Waals surface area contributed by atoms with Crippen molar-refractivity contribution in [3.05, 3.63) is 40.9 Å². The summed E-state index contributed by atoms with van der Waals surface area (Å²) in [6.45, 7) is 8.45. The van der Waals surface area contributed by atoms with Crippen LogP contribution in [0.5, 0.6) is 5.75 Å². The molecule has 1 aromatic rings. The topological polar surface area (TPSA) is 179 Å². The predicted octanol–water partition coefficient (Wildman–Crippen LogP) is 1.68. The standard InChI is InChI=1S/C36H56BrN3O13/c37-31-3-5-32(6-4-31)53-14-2-1-11-38-34(42)10-15-45-17-19-47-21-23-49-25-27-51-29-30-52-28-26-50-24-22-48-20-18-46-16-12-39-33(41)9-13-40-35(43)7-8-36(40)44/h3-8H,1-2,9-30H2,(H,38,42)(H,39,41). The largest absolute Gasteiger partial charge is 0.494 e. The van der Waals surface area contributed by atoms with Gasteiger partial charge in [-0.2, -0.15) is 0 Å². The fourth-order valence-electron chi connectivity index (χ4n) is 4.29. The van der Waals surface area contributed by atoms with Crippen molar-refractivity contribution >= 4 is 39.6 Å². The van der Waals surface area contributed by atoms with Gasteiger partial charge in [0.25, 0.3) is 11.8 Å². The van der Waals surface area contributed by atoms with Gasteiger partial charge in [0.1, 0.15) is 5.75 Å². The van der Waals surface area contributed by atoms with Crippen LogP contribution in [0.3, 0.4) is 0 Å². The Kier molecular flexibility index (Phi) is 28.2. The number of hydrogen-bond acceptors (Lipinski definition) is 13. The van der Waals surface area contributed by atoms with Crippen LogP contribution in [0.15, 0.2) is 40.9 Å². The number of benzene rings is 1. The lowest BCUT2D eigenvalue weighted by Crippen LogP contribution is -2.35. The normalized spacial score (nSPS) is 12.5. The molecule has 53 heavy (non-hydrogen) atoms. The number of hydrogen-bond donors (Lipinski definition) is 2. The number of ether oxygens (including phenoxy) is 9. The quantitative estimate of drug-likeness (QED) is 0.0740. The van der Waals surface area contributed by atoms with Crippen molar-refractivity contribution < 1.29 is 61.8 Å². The van der Waals surface area contributed by atoms with Gasteiger partial charge in [-0.1, -0.05) is 15.9 Å². The zero-order valence-corrected chi connectivity index (χ0v) is 32.2. The molecule has 16 nitrogen and oxygen atoms in total. The highest BCUT2D eigenvalue weighted by atomic mass is 79.9. The molecule has 0 unspecified atom stereocenters. The Morgan fingerprint density at radius 1 is 0.509 bits per heavy atom. The van der Waals surface area contributed by atoms with Gasteiger partial charge < -0.3 is 53.3 Å². The number of unbranched alkanes of at least 4 members (excludes halogenated alkanes) is 1. The molecule has 2 N–H and O–H groups in total. The second kappa shape index (κ2) is 32.4. The lowest BCUT2D eigenvalue weighted by Gasteiger charge is -2.13. The second-order valence-corrected chi connectivity index (χ2v) is 12.2. The van der Waals surface area contributed by atoms with Crippen LogP contribution in [0, 0.1) is 0 Å². The zero-order chi connectivity index (χ0) is 38.0. The van der Waals surface area contributed by atoms with E-state index in [1.807, 2.05) is 24.3 Å². The number of imide groups is 1. The third kappa shape index (κ3) is 26.4. The number of halogens is 1. The van der Waals surface area contributed by atoms with Crippen molar-refractivity contribution in [2.75, 3.05) is 132 Å². The summed E-state index contributed by atoms with van der Waals surface area (Å²) in [5.74, 6) is -0.249. The molecule has 4 amide bonds. The molecule has 0 radical (unpaired) electrons. The maximum atomic E-state index is 11.9. The van der Waals surface area contributed by atoms with E-state index in [4.69, 9.17) is 42.6 Å². The van der Waals surface area contributed by atoms with E-state index in [-0.39, 0.29) is 24.8 Å². The first-order chi connectivity index (χ1) is 26.0. The zero-order valence-electron chi connectivity index (χ0n) is 30.6.